The van der Waals surface area contributed by atoms with Crippen LogP contribution >= 0.6 is 0 Å². The molecule has 0 saturated carbocycles. The first-order valence-electron chi connectivity index (χ1n) is 8.31. The Balaban J connectivity index is 1.82. The van der Waals surface area contributed by atoms with Crippen LogP contribution in [0.4, 0.5) is 0 Å². The summed E-state index contributed by atoms with van der Waals surface area (Å²) in [6.45, 7) is 8.51. The Morgan fingerprint density at radius 1 is 1.07 bits per heavy atom. The molecule has 138 valence electrons. The Hall–Kier alpha value is -3.41. The van der Waals surface area contributed by atoms with Crippen LogP contribution in [0, 0.1) is 0 Å². The SMILES string of the molecule is C=C(C)C(=O)Oc1ccc2cc(C(=O)OC3=C(C)C(C)OC3=O)ccc2c1. The van der Waals surface area contributed by atoms with Crippen LogP contribution in [-0.4, -0.2) is 24.0 Å². The van der Waals surface area contributed by atoms with E-state index in [1.54, 1.807) is 57.2 Å². The van der Waals surface area contributed by atoms with Gasteiger partial charge in [-0.15, -0.1) is 0 Å². The van der Waals surface area contributed by atoms with Gasteiger partial charge in [0.1, 0.15) is 11.9 Å². The number of cyclic esters (lactones) is 1. The van der Waals surface area contributed by atoms with Crippen molar-refractivity contribution in [2.75, 3.05) is 0 Å². The molecule has 0 aromatic heterocycles. The van der Waals surface area contributed by atoms with Crippen LogP contribution in [0.25, 0.3) is 10.8 Å². The minimum absolute atomic E-state index is 0.0605. The summed E-state index contributed by atoms with van der Waals surface area (Å²) < 4.78 is 15.4. The minimum Gasteiger partial charge on any atom is -0.452 e. The van der Waals surface area contributed by atoms with E-state index in [1.165, 1.54) is 0 Å². The van der Waals surface area contributed by atoms with Gasteiger partial charge in [-0.2, -0.15) is 0 Å². The predicted octanol–water partition coefficient (Wildman–Crippen LogP) is 3.70. The maximum absolute atomic E-state index is 12.4. The van der Waals surface area contributed by atoms with Crippen molar-refractivity contribution in [1.82, 2.24) is 0 Å². The van der Waals surface area contributed by atoms with Gasteiger partial charge in [-0.3, -0.25) is 0 Å². The molecule has 2 aromatic carbocycles. The van der Waals surface area contributed by atoms with Crippen molar-refractivity contribution in [3.63, 3.8) is 0 Å². The predicted molar refractivity (Wildman–Crippen MR) is 98.1 cm³/mol. The zero-order valence-electron chi connectivity index (χ0n) is 15.2. The molecule has 27 heavy (non-hydrogen) atoms. The lowest BCUT2D eigenvalue weighted by atomic mass is 10.1. The Bertz CT molecular complexity index is 1010. The summed E-state index contributed by atoms with van der Waals surface area (Å²) in [7, 11) is 0. The molecule has 2 aromatic rings. The maximum atomic E-state index is 12.4. The molecule has 0 spiro atoms. The number of carbonyl (C=O) groups excluding carboxylic acids is 3. The van der Waals surface area contributed by atoms with E-state index in [0.717, 1.165) is 10.8 Å². The topological polar surface area (TPSA) is 78.9 Å². The van der Waals surface area contributed by atoms with Crippen LogP contribution in [0.15, 0.2) is 59.9 Å². The van der Waals surface area contributed by atoms with Gasteiger partial charge in [0, 0.05) is 11.1 Å². The number of carbonyl (C=O) groups is 3. The van der Waals surface area contributed by atoms with E-state index in [-0.39, 0.29) is 5.76 Å². The molecule has 0 N–H and O–H groups in total. The average Bonchev–Trinajstić information content (AvgIpc) is 2.87. The van der Waals surface area contributed by atoms with Gasteiger partial charge < -0.3 is 14.2 Å². The van der Waals surface area contributed by atoms with E-state index in [9.17, 15) is 14.4 Å². The van der Waals surface area contributed by atoms with Crippen LogP contribution in [0.1, 0.15) is 31.1 Å². The first-order valence-corrected chi connectivity index (χ1v) is 8.31. The number of hydrogen-bond donors (Lipinski definition) is 0. The zero-order chi connectivity index (χ0) is 19.7. The highest BCUT2D eigenvalue weighted by molar-refractivity contribution is 6.00. The fourth-order valence-corrected chi connectivity index (χ4v) is 2.53. The Kier molecular flexibility index (Phi) is 4.81. The summed E-state index contributed by atoms with van der Waals surface area (Å²) in [6, 6.07) is 9.97. The zero-order valence-corrected chi connectivity index (χ0v) is 15.2. The van der Waals surface area contributed by atoms with E-state index in [1.807, 2.05) is 0 Å². The van der Waals surface area contributed by atoms with Crippen molar-refractivity contribution >= 4 is 28.7 Å². The number of rotatable bonds is 4. The van der Waals surface area contributed by atoms with Crippen molar-refractivity contribution in [3.05, 3.63) is 65.4 Å². The van der Waals surface area contributed by atoms with Crippen molar-refractivity contribution in [3.8, 4) is 5.75 Å². The molecule has 1 heterocycles. The second-order valence-corrected chi connectivity index (χ2v) is 6.34. The van der Waals surface area contributed by atoms with Crippen LogP contribution in [0.5, 0.6) is 5.75 Å². The molecular formula is C21H18O6. The lowest BCUT2D eigenvalue weighted by Gasteiger charge is -2.07. The molecule has 1 atom stereocenters. The smallest absolute Gasteiger partial charge is 0.375 e. The number of ether oxygens (including phenoxy) is 3. The summed E-state index contributed by atoms with van der Waals surface area (Å²) in [5.41, 5.74) is 1.18. The van der Waals surface area contributed by atoms with Crippen LogP contribution < -0.4 is 4.74 Å². The summed E-state index contributed by atoms with van der Waals surface area (Å²) in [5, 5.41) is 1.54. The van der Waals surface area contributed by atoms with Crippen LogP contribution in [0.2, 0.25) is 0 Å². The molecule has 0 saturated heterocycles. The van der Waals surface area contributed by atoms with Gasteiger partial charge in [-0.25, -0.2) is 14.4 Å². The van der Waals surface area contributed by atoms with E-state index in [0.29, 0.717) is 22.5 Å². The minimum atomic E-state index is -0.643. The van der Waals surface area contributed by atoms with Gasteiger partial charge in [-0.1, -0.05) is 18.7 Å². The Labute approximate surface area is 156 Å². The number of fused-ring (bicyclic) bond motifs is 1. The molecule has 0 radical (unpaired) electrons. The first kappa shape index (κ1) is 18.4. The van der Waals surface area contributed by atoms with Gasteiger partial charge in [0.05, 0.1) is 5.56 Å². The second-order valence-electron chi connectivity index (χ2n) is 6.34. The van der Waals surface area contributed by atoms with E-state index >= 15 is 0 Å². The van der Waals surface area contributed by atoms with Crippen LogP contribution in [-0.2, 0) is 19.1 Å². The Morgan fingerprint density at radius 3 is 2.37 bits per heavy atom. The number of benzene rings is 2. The highest BCUT2D eigenvalue weighted by atomic mass is 16.6. The number of hydrogen-bond acceptors (Lipinski definition) is 6. The van der Waals surface area contributed by atoms with Crippen LogP contribution in [0.3, 0.4) is 0 Å². The second kappa shape index (κ2) is 7.07. The average molecular weight is 366 g/mol. The highest BCUT2D eigenvalue weighted by Gasteiger charge is 2.32. The summed E-state index contributed by atoms with van der Waals surface area (Å²) in [5.74, 6) is -1.46. The van der Waals surface area contributed by atoms with Gasteiger partial charge in [0.25, 0.3) is 0 Å². The summed E-state index contributed by atoms with van der Waals surface area (Å²) in [4.78, 5) is 35.7. The van der Waals surface area contributed by atoms with Gasteiger partial charge in [0.2, 0.25) is 5.76 Å². The molecule has 6 heteroatoms. The third-order valence-corrected chi connectivity index (χ3v) is 4.24. The monoisotopic (exact) mass is 366 g/mol. The lowest BCUT2D eigenvalue weighted by Crippen LogP contribution is -2.10. The van der Waals surface area contributed by atoms with Crippen molar-refractivity contribution in [2.45, 2.75) is 26.9 Å². The largest absolute Gasteiger partial charge is 0.452 e. The molecule has 1 aliphatic heterocycles. The van der Waals surface area contributed by atoms with Crippen molar-refractivity contribution < 1.29 is 28.6 Å². The van der Waals surface area contributed by atoms with E-state index in [4.69, 9.17) is 14.2 Å². The maximum Gasteiger partial charge on any atom is 0.375 e. The summed E-state index contributed by atoms with van der Waals surface area (Å²) >= 11 is 0. The van der Waals surface area contributed by atoms with Gasteiger partial charge >= 0.3 is 17.9 Å². The van der Waals surface area contributed by atoms with Crippen molar-refractivity contribution in [2.24, 2.45) is 0 Å². The normalized spacial score (nSPS) is 16.3. The van der Waals surface area contributed by atoms with Crippen molar-refractivity contribution in [1.29, 1.82) is 0 Å². The molecule has 3 rings (SSSR count). The highest BCUT2D eigenvalue weighted by Crippen LogP contribution is 2.26. The fraction of sp³-hybridized carbons (Fsp3) is 0.190. The Morgan fingerprint density at radius 2 is 1.74 bits per heavy atom. The lowest BCUT2D eigenvalue weighted by molar-refractivity contribution is -0.141. The molecule has 6 nitrogen and oxygen atoms in total. The molecule has 0 bridgehead atoms. The third kappa shape index (κ3) is 3.74. The number of esters is 3. The quantitative estimate of drug-likeness (QED) is 0.466. The molecule has 1 unspecified atom stereocenters. The van der Waals surface area contributed by atoms with Gasteiger partial charge in [-0.05, 0) is 55.8 Å². The van der Waals surface area contributed by atoms with E-state index < -0.39 is 24.0 Å². The first-order chi connectivity index (χ1) is 12.8. The fourth-order valence-electron chi connectivity index (χ4n) is 2.53. The molecular weight excluding hydrogens is 348 g/mol. The molecule has 0 aliphatic carbocycles. The third-order valence-electron chi connectivity index (χ3n) is 4.24. The molecule has 0 amide bonds. The molecule has 0 fully saturated rings. The van der Waals surface area contributed by atoms with Gasteiger partial charge in [0.15, 0.2) is 0 Å². The molecule has 1 aliphatic rings. The summed E-state index contributed by atoms with van der Waals surface area (Å²) in [6.07, 6.45) is -0.405. The van der Waals surface area contributed by atoms with E-state index in [2.05, 4.69) is 6.58 Å². The standard InChI is InChI=1S/C21H18O6/c1-11(2)19(22)26-17-8-7-14-9-16(6-5-15(14)10-17)20(23)27-18-12(3)13(4)25-21(18)24/h5-10,13H,1H2,2-4H3.